The van der Waals surface area contributed by atoms with Crippen LogP contribution in [0.3, 0.4) is 0 Å². The third-order valence-corrected chi connectivity index (χ3v) is 2.98. The number of ether oxygens (including phenoxy) is 1. The number of amides is 1. The number of nitrogens with zero attached hydrogens (tertiary/aromatic N) is 1. The van der Waals surface area contributed by atoms with Crippen LogP contribution in [0.1, 0.15) is 15.9 Å². The average Bonchev–Trinajstić information content (AvgIpc) is 3.04. The summed E-state index contributed by atoms with van der Waals surface area (Å²) in [5, 5.41) is 0. The molecule has 1 atom stereocenters. The molecule has 1 unspecified atom stereocenters. The Hall–Kier alpha value is -1.68. The van der Waals surface area contributed by atoms with Crippen molar-refractivity contribution in [3.63, 3.8) is 0 Å². The van der Waals surface area contributed by atoms with Gasteiger partial charge in [-0.2, -0.15) is 0 Å². The quantitative estimate of drug-likeness (QED) is 0.546. The molecule has 0 aliphatic carbocycles. The number of fused-ring (bicyclic) bond motifs is 1. The number of para-hydroxylation sites is 1. The van der Waals surface area contributed by atoms with Gasteiger partial charge in [0.25, 0.3) is 11.7 Å². The summed E-state index contributed by atoms with van der Waals surface area (Å²) in [6.07, 6.45) is 0.0994. The zero-order valence-electron chi connectivity index (χ0n) is 8.90. The minimum Gasteiger partial charge on any atom is -0.371 e. The SMILES string of the molecule is Cc1cccc2c1N(CC1CO1)C(=O)C2=O. The maximum Gasteiger partial charge on any atom is 0.299 e. The Bertz CT molecular complexity index is 491. The van der Waals surface area contributed by atoms with Crippen LogP contribution < -0.4 is 4.90 Å². The fourth-order valence-corrected chi connectivity index (χ4v) is 2.09. The molecule has 4 heteroatoms. The van der Waals surface area contributed by atoms with Crippen LogP contribution in [-0.4, -0.2) is 30.9 Å². The summed E-state index contributed by atoms with van der Waals surface area (Å²) in [6.45, 7) is 3.08. The normalized spacial score (nSPS) is 22.6. The Morgan fingerprint density at radius 3 is 2.88 bits per heavy atom. The summed E-state index contributed by atoms with van der Waals surface area (Å²) in [4.78, 5) is 25.1. The summed E-state index contributed by atoms with van der Waals surface area (Å²) < 4.78 is 5.10. The van der Waals surface area contributed by atoms with Gasteiger partial charge in [-0.25, -0.2) is 0 Å². The van der Waals surface area contributed by atoms with E-state index in [0.29, 0.717) is 18.7 Å². The van der Waals surface area contributed by atoms with Crippen molar-refractivity contribution in [2.75, 3.05) is 18.1 Å². The van der Waals surface area contributed by atoms with E-state index in [4.69, 9.17) is 4.74 Å². The molecule has 0 saturated carbocycles. The molecule has 82 valence electrons. The van der Waals surface area contributed by atoms with Gasteiger partial charge in [0.05, 0.1) is 30.5 Å². The molecular formula is C12H11NO3. The van der Waals surface area contributed by atoms with Crippen molar-refractivity contribution in [2.45, 2.75) is 13.0 Å². The first-order valence-corrected chi connectivity index (χ1v) is 5.26. The Morgan fingerprint density at radius 2 is 2.19 bits per heavy atom. The number of carbonyl (C=O) groups excluding carboxylic acids is 2. The van der Waals surface area contributed by atoms with Crippen molar-refractivity contribution in [2.24, 2.45) is 0 Å². The predicted molar refractivity (Wildman–Crippen MR) is 57.6 cm³/mol. The highest BCUT2D eigenvalue weighted by Gasteiger charge is 2.39. The number of aryl methyl sites for hydroxylation is 1. The molecule has 1 saturated heterocycles. The van der Waals surface area contributed by atoms with Crippen LogP contribution in [0.15, 0.2) is 18.2 Å². The molecule has 1 amide bonds. The van der Waals surface area contributed by atoms with Crippen molar-refractivity contribution < 1.29 is 14.3 Å². The van der Waals surface area contributed by atoms with Crippen LogP contribution in [0.5, 0.6) is 0 Å². The summed E-state index contributed by atoms with van der Waals surface area (Å²) in [6, 6.07) is 5.41. The molecule has 0 N–H and O–H groups in total. The molecule has 0 bridgehead atoms. The van der Waals surface area contributed by atoms with Gasteiger partial charge in [-0.3, -0.25) is 9.59 Å². The summed E-state index contributed by atoms with van der Waals surface area (Å²) >= 11 is 0. The third-order valence-electron chi connectivity index (χ3n) is 2.98. The predicted octanol–water partition coefficient (Wildman–Crippen LogP) is 0.923. The van der Waals surface area contributed by atoms with E-state index in [-0.39, 0.29) is 6.10 Å². The number of hydrogen-bond donors (Lipinski definition) is 0. The first-order valence-electron chi connectivity index (χ1n) is 5.26. The van der Waals surface area contributed by atoms with Crippen LogP contribution in [0, 0.1) is 6.92 Å². The first-order chi connectivity index (χ1) is 7.68. The van der Waals surface area contributed by atoms with Crippen LogP contribution in [0.25, 0.3) is 0 Å². The van der Waals surface area contributed by atoms with Crippen molar-refractivity contribution in [1.29, 1.82) is 0 Å². The van der Waals surface area contributed by atoms with Gasteiger partial charge in [0, 0.05) is 0 Å². The molecule has 1 fully saturated rings. The number of ketones is 1. The second kappa shape index (κ2) is 3.15. The highest BCUT2D eigenvalue weighted by atomic mass is 16.6. The monoisotopic (exact) mass is 217 g/mol. The lowest BCUT2D eigenvalue weighted by Gasteiger charge is -2.16. The minimum atomic E-state index is -0.431. The van der Waals surface area contributed by atoms with Gasteiger partial charge in [-0.15, -0.1) is 0 Å². The second-order valence-corrected chi connectivity index (χ2v) is 4.17. The molecule has 0 spiro atoms. The molecule has 2 aliphatic rings. The fourth-order valence-electron chi connectivity index (χ4n) is 2.09. The van der Waals surface area contributed by atoms with E-state index in [2.05, 4.69) is 0 Å². The third kappa shape index (κ3) is 1.27. The average molecular weight is 217 g/mol. The zero-order chi connectivity index (χ0) is 11.3. The molecule has 1 aromatic rings. The number of hydrogen-bond acceptors (Lipinski definition) is 3. The maximum atomic E-state index is 11.8. The maximum absolute atomic E-state index is 11.8. The Labute approximate surface area is 92.8 Å². The largest absolute Gasteiger partial charge is 0.371 e. The lowest BCUT2D eigenvalue weighted by Crippen LogP contribution is -2.33. The van der Waals surface area contributed by atoms with Crippen molar-refractivity contribution >= 4 is 17.4 Å². The van der Waals surface area contributed by atoms with Crippen molar-refractivity contribution in [3.05, 3.63) is 29.3 Å². The highest BCUT2D eigenvalue weighted by molar-refractivity contribution is 6.52. The van der Waals surface area contributed by atoms with E-state index in [0.717, 1.165) is 11.3 Å². The number of rotatable bonds is 2. The summed E-state index contributed by atoms with van der Waals surface area (Å²) in [5.74, 6) is -0.834. The summed E-state index contributed by atoms with van der Waals surface area (Å²) in [5.41, 5.74) is 2.23. The van der Waals surface area contributed by atoms with Gasteiger partial charge in [-0.1, -0.05) is 12.1 Å². The van der Waals surface area contributed by atoms with Crippen LogP contribution in [0.4, 0.5) is 5.69 Å². The van der Waals surface area contributed by atoms with E-state index in [1.807, 2.05) is 13.0 Å². The van der Waals surface area contributed by atoms with Crippen molar-refractivity contribution in [3.8, 4) is 0 Å². The van der Waals surface area contributed by atoms with Gasteiger partial charge in [0.1, 0.15) is 0 Å². The Morgan fingerprint density at radius 1 is 1.44 bits per heavy atom. The zero-order valence-corrected chi connectivity index (χ0v) is 8.90. The van der Waals surface area contributed by atoms with Crippen LogP contribution in [-0.2, 0) is 9.53 Å². The lowest BCUT2D eigenvalue weighted by atomic mass is 10.1. The Balaban J connectivity index is 2.07. The molecule has 0 radical (unpaired) electrons. The van der Waals surface area contributed by atoms with Crippen LogP contribution >= 0.6 is 0 Å². The number of anilines is 1. The molecular weight excluding hydrogens is 206 g/mol. The van der Waals surface area contributed by atoms with E-state index >= 15 is 0 Å². The number of benzene rings is 1. The van der Waals surface area contributed by atoms with E-state index in [1.54, 1.807) is 17.0 Å². The fraction of sp³-hybridized carbons (Fsp3) is 0.333. The van der Waals surface area contributed by atoms with Gasteiger partial charge in [-0.05, 0) is 18.6 Å². The Kier molecular flexibility index (Phi) is 1.88. The highest BCUT2D eigenvalue weighted by Crippen LogP contribution is 2.33. The van der Waals surface area contributed by atoms with Gasteiger partial charge < -0.3 is 9.64 Å². The second-order valence-electron chi connectivity index (χ2n) is 4.17. The van der Waals surface area contributed by atoms with Crippen molar-refractivity contribution in [1.82, 2.24) is 0 Å². The minimum absolute atomic E-state index is 0.0994. The molecule has 3 rings (SSSR count). The van der Waals surface area contributed by atoms with E-state index in [9.17, 15) is 9.59 Å². The molecule has 2 heterocycles. The standard InChI is InChI=1S/C12H11NO3/c1-7-3-2-4-9-10(7)13(5-8-6-16-8)12(15)11(9)14/h2-4,8H,5-6H2,1H3. The van der Waals surface area contributed by atoms with Gasteiger partial charge in [0.2, 0.25) is 0 Å². The van der Waals surface area contributed by atoms with Gasteiger partial charge in [0.15, 0.2) is 0 Å². The molecule has 4 nitrogen and oxygen atoms in total. The first kappa shape index (κ1) is 9.54. The smallest absolute Gasteiger partial charge is 0.299 e. The topological polar surface area (TPSA) is 49.9 Å². The number of Topliss-reactive ketones (excluding diaryl/α,β-unsaturated/α-hetero) is 1. The molecule has 2 aliphatic heterocycles. The van der Waals surface area contributed by atoms with Crippen LogP contribution in [0.2, 0.25) is 0 Å². The van der Waals surface area contributed by atoms with E-state index < -0.39 is 11.7 Å². The number of epoxide rings is 1. The van der Waals surface area contributed by atoms with E-state index in [1.165, 1.54) is 0 Å². The molecule has 16 heavy (non-hydrogen) atoms. The summed E-state index contributed by atoms with van der Waals surface area (Å²) in [7, 11) is 0. The number of carbonyl (C=O) groups is 2. The lowest BCUT2D eigenvalue weighted by molar-refractivity contribution is -0.114. The van der Waals surface area contributed by atoms with Gasteiger partial charge >= 0.3 is 0 Å². The molecule has 0 aromatic heterocycles. The molecule has 1 aromatic carbocycles.